The van der Waals surface area contributed by atoms with Gasteiger partial charge < -0.3 is 30.1 Å². The molecule has 0 aliphatic carbocycles. The number of thioether (sulfide) groups is 1. The van der Waals surface area contributed by atoms with Crippen molar-refractivity contribution in [2.75, 3.05) is 31.3 Å². The summed E-state index contributed by atoms with van der Waals surface area (Å²) in [6.45, 7) is -4.31. The van der Waals surface area contributed by atoms with Gasteiger partial charge in [0.25, 0.3) is 5.56 Å². The normalized spacial score (nSPS) is 37.7. The van der Waals surface area contributed by atoms with Crippen LogP contribution in [0.4, 0.5) is 20.5 Å². The van der Waals surface area contributed by atoms with Crippen LogP contribution < -0.4 is 17.0 Å². The molecule has 2 unspecified atom stereocenters. The number of aromatic amines is 1. The van der Waals surface area contributed by atoms with Gasteiger partial charge in [-0.1, -0.05) is 5.21 Å². The minimum absolute atomic E-state index is 0.00177. The highest BCUT2D eigenvalue weighted by atomic mass is 32.5. The molecule has 10 atom stereocenters. The van der Waals surface area contributed by atoms with Crippen LogP contribution in [0, 0.1) is 0 Å². The van der Waals surface area contributed by atoms with Crippen molar-refractivity contribution in [3.8, 4) is 0 Å². The van der Waals surface area contributed by atoms with Gasteiger partial charge in [-0.25, -0.2) is 23.7 Å². The summed E-state index contributed by atoms with van der Waals surface area (Å²) in [6, 6.07) is 0. The van der Waals surface area contributed by atoms with Crippen LogP contribution in [0.2, 0.25) is 0 Å². The Kier molecular flexibility index (Phi) is 7.70. The van der Waals surface area contributed by atoms with Crippen molar-refractivity contribution in [1.82, 2.24) is 44.5 Å². The number of fused-ring (bicyclic) bond motifs is 5. The summed E-state index contributed by atoms with van der Waals surface area (Å²) in [5, 5.41) is 5.68. The van der Waals surface area contributed by atoms with Gasteiger partial charge in [0.1, 0.15) is 36.2 Å². The maximum Gasteiger partial charge on any atom is 0.328 e. The number of hydrogen-bond acceptors (Lipinski definition) is 17. The van der Waals surface area contributed by atoms with E-state index < -0.39 is 80.6 Å². The summed E-state index contributed by atoms with van der Waals surface area (Å²) in [6.07, 6.45) is -7.50. The number of nitrogens with two attached hydrogens (primary N) is 2. The van der Waals surface area contributed by atoms with Gasteiger partial charge in [-0.2, -0.15) is 9.67 Å². The molecule has 0 amide bonds. The van der Waals surface area contributed by atoms with Crippen LogP contribution in [0.1, 0.15) is 11.6 Å². The Labute approximate surface area is 259 Å². The summed E-state index contributed by atoms with van der Waals surface area (Å²) >= 11 is 6.16. The van der Waals surface area contributed by atoms with Crippen molar-refractivity contribution in [2.45, 2.75) is 47.5 Å². The van der Waals surface area contributed by atoms with E-state index in [-0.39, 0.29) is 34.1 Å². The molecule has 7 rings (SSSR count). The van der Waals surface area contributed by atoms with Crippen LogP contribution in [-0.4, -0.2) is 105 Å². The van der Waals surface area contributed by atoms with Crippen molar-refractivity contribution in [3.05, 3.63) is 23.0 Å². The smallest absolute Gasteiger partial charge is 0.328 e. The number of alkyl halides is 2. The van der Waals surface area contributed by atoms with Crippen molar-refractivity contribution >= 4 is 72.0 Å². The fourth-order valence-electron chi connectivity index (χ4n) is 5.21. The first-order valence-corrected chi connectivity index (χ1v) is 18.5. The molecule has 3 aliphatic heterocycles. The highest BCUT2D eigenvalue weighted by Crippen LogP contribution is 2.57. The van der Waals surface area contributed by atoms with Crippen molar-refractivity contribution in [2.24, 2.45) is 0 Å². The van der Waals surface area contributed by atoms with E-state index in [9.17, 15) is 14.3 Å². The molecule has 3 saturated heterocycles. The number of nitrogen functional groups attached to an aromatic ring is 2. The van der Waals surface area contributed by atoms with Crippen LogP contribution in [0.15, 0.2) is 17.4 Å². The Morgan fingerprint density at radius 1 is 1.11 bits per heavy atom. The first-order chi connectivity index (χ1) is 21.3. The first-order valence-electron chi connectivity index (χ1n) is 13.0. The van der Waals surface area contributed by atoms with Crippen LogP contribution in [-0.2, 0) is 39.2 Å². The molecule has 0 spiro atoms. The second-order valence-electron chi connectivity index (χ2n) is 10.2. The molecule has 4 aromatic rings. The number of nitrogens with zero attached hydrogens (tertiary/aromatic N) is 8. The molecule has 25 heteroatoms. The second kappa shape index (κ2) is 11.2. The van der Waals surface area contributed by atoms with Crippen LogP contribution >= 0.6 is 26.1 Å². The molecule has 242 valence electrons. The zero-order valence-corrected chi connectivity index (χ0v) is 26.1. The maximum atomic E-state index is 16.0. The standard InChI is InChI=1S/C20H23F2N11O8P2S2/c1-42(35)37-3-7-8(21)13(19(45-7)32-5-27-11-16(32)28-20(24)29-17(11)34)41-43(36,44)38-2-6-12(40-42)9(22)18(39-6)33-15-10(30-31-33)14(23)25-4-26-15/h4-9,12-13,18-19H,2-3H2,1H3,(H,36,44)(H2,23,25,26)(H3,24,28,29,34)/t6-,7-,8-,9+,12-,13-,18-,19-,42?,43?/m1/s1. The Hall–Kier alpha value is -2.72. The second-order valence-corrected chi connectivity index (χ2v) is 16.4. The number of halogens is 2. The van der Waals surface area contributed by atoms with E-state index in [0.29, 0.717) is 0 Å². The Balaban J connectivity index is 1.21. The van der Waals surface area contributed by atoms with Crippen molar-refractivity contribution < 1.29 is 41.1 Å². The number of imidazole rings is 1. The largest absolute Gasteiger partial charge is 0.382 e. The first kappa shape index (κ1) is 30.9. The molecular formula is C20H23F2N11O8P2S2. The van der Waals surface area contributed by atoms with Gasteiger partial charge in [-0.15, -0.1) is 16.9 Å². The molecule has 4 aromatic heterocycles. The molecule has 45 heavy (non-hydrogen) atoms. The third-order valence-corrected chi connectivity index (χ3v) is 11.6. The highest BCUT2D eigenvalue weighted by Gasteiger charge is 2.54. The average molecular weight is 710 g/mol. The van der Waals surface area contributed by atoms with Gasteiger partial charge in [0.2, 0.25) is 5.95 Å². The molecule has 2 bridgehead atoms. The number of hydrogen-bond donors (Lipinski definition) is 4. The number of anilines is 2. The SMILES string of the molecule is CP1(=O)OC[C@H]2S[C@@H](n3cnc4c(=O)[nH]c(N)nc43)[C@H](OP(O)(=S)OC[C@H]3O[C@@H](n4nnc5c(N)ncnc54)[C@@H](F)[C@@H]3O1)[C@@H]2F. The van der Waals surface area contributed by atoms with Gasteiger partial charge in [0, 0.05) is 6.66 Å². The quantitative estimate of drug-likeness (QED) is 0.207. The van der Waals surface area contributed by atoms with Gasteiger partial charge in [-0.05, 0) is 11.8 Å². The topological polar surface area (TPSA) is 256 Å². The van der Waals surface area contributed by atoms with Gasteiger partial charge in [0.05, 0.1) is 24.8 Å². The fraction of sp³-hybridized carbons (Fsp3) is 0.550. The van der Waals surface area contributed by atoms with Gasteiger partial charge in [0.15, 0.2) is 40.5 Å². The summed E-state index contributed by atoms with van der Waals surface area (Å²) in [5.41, 5.74) is 11.0. The number of aromatic nitrogens is 9. The molecule has 3 fully saturated rings. The molecule has 19 nitrogen and oxygen atoms in total. The molecule has 0 aromatic carbocycles. The molecule has 7 heterocycles. The van der Waals surface area contributed by atoms with E-state index in [4.69, 9.17) is 46.1 Å². The predicted molar refractivity (Wildman–Crippen MR) is 156 cm³/mol. The van der Waals surface area contributed by atoms with E-state index in [1.807, 2.05) is 0 Å². The number of rotatable bonds is 2. The van der Waals surface area contributed by atoms with E-state index in [1.54, 1.807) is 0 Å². The van der Waals surface area contributed by atoms with E-state index in [0.717, 1.165) is 29.4 Å². The third-order valence-electron chi connectivity index (χ3n) is 7.23. The summed E-state index contributed by atoms with van der Waals surface area (Å²) < 4.78 is 76.0. The predicted octanol–water partition coefficient (Wildman–Crippen LogP) is 0.563. The van der Waals surface area contributed by atoms with Gasteiger partial charge >= 0.3 is 14.3 Å². The lowest BCUT2D eigenvalue weighted by atomic mass is 10.1. The monoisotopic (exact) mass is 709 g/mol. The lowest BCUT2D eigenvalue weighted by molar-refractivity contribution is -0.0491. The summed E-state index contributed by atoms with van der Waals surface area (Å²) in [7, 11) is -4.10. The van der Waals surface area contributed by atoms with Gasteiger partial charge in [-0.3, -0.25) is 28.0 Å². The zero-order valence-electron chi connectivity index (χ0n) is 22.7. The minimum atomic E-state index is -4.29. The van der Waals surface area contributed by atoms with Crippen LogP contribution in [0.25, 0.3) is 22.3 Å². The summed E-state index contributed by atoms with van der Waals surface area (Å²) in [5.74, 6) is -0.211. The number of H-pyrrole nitrogens is 1. The number of nitrogens with one attached hydrogen (secondary N) is 1. The van der Waals surface area contributed by atoms with Crippen molar-refractivity contribution in [1.29, 1.82) is 0 Å². The lowest BCUT2D eigenvalue weighted by Crippen LogP contribution is -2.34. The molecule has 0 radical (unpaired) electrons. The fourth-order valence-corrected chi connectivity index (χ4v) is 9.45. The highest BCUT2D eigenvalue weighted by molar-refractivity contribution is 8.07. The summed E-state index contributed by atoms with van der Waals surface area (Å²) in [4.78, 5) is 41.7. The van der Waals surface area contributed by atoms with E-state index in [2.05, 4.69) is 35.2 Å². The Morgan fingerprint density at radius 3 is 2.71 bits per heavy atom. The number of ether oxygens (including phenoxy) is 1. The van der Waals surface area contributed by atoms with Crippen LogP contribution in [0.5, 0.6) is 0 Å². The zero-order chi connectivity index (χ0) is 31.8. The Bertz CT molecular complexity index is 1950. The molecule has 6 N–H and O–H groups in total. The van der Waals surface area contributed by atoms with E-state index in [1.165, 1.54) is 10.9 Å². The molecule has 0 saturated carbocycles. The molecular weight excluding hydrogens is 686 g/mol. The Morgan fingerprint density at radius 2 is 1.91 bits per heavy atom. The van der Waals surface area contributed by atoms with Crippen molar-refractivity contribution in [3.63, 3.8) is 0 Å². The average Bonchev–Trinajstić information content (AvgIpc) is 3.72. The third kappa shape index (κ3) is 5.53. The van der Waals surface area contributed by atoms with Crippen LogP contribution in [0.3, 0.4) is 0 Å². The maximum absolute atomic E-state index is 16.0. The van der Waals surface area contributed by atoms with E-state index >= 15 is 8.78 Å². The molecule has 3 aliphatic rings. The lowest BCUT2D eigenvalue weighted by Gasteiger charge is -2.27. The minimum Gasteiger partial charge on any atom is -0.382 e.